The Kier molecular flexibility index (Phi) is 7.36. The van der Waals surface area contributed by atoms with E-state index in [0.717, 1.165) is 37.1 Å². The van der Waals surface area contributed by atoms with Crippen molar-refractivity contribution in [1.29, 1.82) is 0 Å². The summed E-state index contributed by atoms with van der Waals surface area (Å²) in [6, 6.07) is 30.1. The predicted molar refractivity (Wildman–Crippen MR) is 142 cm³/mol. The van der Waals surface area contributed by atoms with Gasteiger partial charge in [-0.3, -0.25) is 0 Å². The summed E-state index contributed by atoms with van der Waals surface area (Å²) in [6.07, 6.45) is 0. The number of benzene rings is 4. The molecule has 0 saturated carbocycles. The van der Waals surface area contributed by atoms with Crippen LogP contribution in [0.15, 0.2) is 117 Å². The van der Waals surface area contributed by atoms with E-state index >= 15 is 0 Å². The van der Waals surface area contributed by atoms with Crippen LogP contribution in [0.2, 0.25) is 0 Å². The highest BCUT2D eigenvalue weighted by Gasteiger charge is 2.38. The second kappa shape index (κ2) is 10.3. The highest BCUT2D eigenvalue weighted by molar-refractivity contribution is 8.33. The van der Waals surface area contributed by atoms with Crippen molar-refractivity contribution in [2.75, 3.05) is 6.61 Å². The van der Waals surface area contributed by atoms with Crippen LogP contribution in [-0.2, 0) is 13.7 Å². The van der Waals surface area contributed by atoms with E-state index in [0.29, 0.717) is 6.61 Å². The van der Waals surface area contributed by atoms with Crippen LogP contribution in [0.1, 0.15) is 23.6 Å². The molecular formula is C29H30O4S2. The first-order chi connectivity index (χ1) is 16.7. The summed E-state index contributed by atoms with van der Waals surface area (Å²) in [6.45, 7) is 8.41. The molecule has 0 aromatic heterocycles. The summed E-state index contributed by atoms with van der Waals surface area (Å²) >= 11 is 0. The average Bonchev–Trinajstić information content (AvgIpc) is 2.85. The quantitative estimate of drug-likeness (QED) is 0.247. The number of hydrogen-bond donors (Lipinski definition) is 0. The van der Waals surface area contributed by atoms with Crippen molar-refractivity contribution < 1.29 is 16.8 Å². The Bertz CT molecular complexity index is 1330. The van der Waals surface area contributed by atoms with E-state index in [-0.39, 0.29) is 4.90 Å². The first kappa shape index (κ1) is 25.0. The first-order valence-corrected chi connectivity index (χ1v) is 14.4. The fraction of sp³-hybridized carbons (Fsp3) is 0.172. The number of rotatable bonds is 8. The molecule has 0 aliphatic heterocycles. The van der Waals surface area contributed by atoms with Gasteiger partial charge in [0.15, 0.2) is 0 Å². The van der Waals surface area contributed by atoms with Crippen molar-refractivity contribution in [3.63, 3.8) is 0 Å². The molecule has 6 heteroatoms. The third kappa shape index (κ3) is 5.30. The van der Waals surface area contributed by atoms with Crippen molar-refractivity contribution >= 4 is 20.4 Å². The summed E-state index contributed by atoms with van der Waals surface area (Å²) in [5.41, 5.74) is 3.14. The second-order valence-electron chi connectivity index (χ2n) is 8.42. The molecule has 0 spiro atoms. The summed E-state index contributed by atoms with van der Waals surface area (Å²) in [7, 11) is -6.77. The number of hydrogen-bond acceptors (Lipinski definition) is 4. The minimum atomic E-state index is -4.11. The van der Waals surface area contributed by atoms with Gasteiger partial charge in [-0.1, -0.05) is 53.1 Å². The van der Waals surface area contributed by atoms with Crippen LogP contribution in [0.3, 0.4) is 0 Å². The number of ether oxygens (including phenoxy) is 1. The predicted octanol–water partition coefficient (Wildman–Crippen LogP) is 7.61. The van der Waals surface area contributed by atoms with Gasteiger partial charge in [-0.05, 0) is 98.7 Å². The van der Waals surface area contributed by atoms with Gasteiger partial charge in [0.1, 0.15) is 5.75 Å². The molecule has 0 heterocycles. The van der Waals surface area contributed by atoms with Crippen LogP contribution in [-0.4, -0.2) is 15.0 Å². The van der Waals surface area contributed by atoms with Gasteiger partial charge < -0.3 is 4.74 Å². The lowest BCUT2D eigenvalue weighted by molar-refractivity contribution is 0.340. The van der Waals surface area contributed by atoms with Crippen molar-refractivity contribution in [2.45, 2.75) is 47.3 Å². The zero-order valence-electron chi connectivity index (χ0n) is 20.4. The van der Waals surface area contributed by atoms with Crippen molar-refractivity contribution in [1.82, 2.24) is 0 Å². The van der Waals surface area contributed by atoms with Gasteiger partial charge in [0.25, 0.3) is 0 Å². The Hall–Kier alpha value is -3.06. The zero-order valence-corrected chi connectivity index (χ0v) is 22.0. The smallest absolute Gasteiger partial charge is 0.307 e. The molecule has 0 aliphatic carbocycles. The maximum atomic E-state index is 13.8. The minimum absolute atomic E-state index is 0.130. The molecule has 4 aromatic carbocycles. The normalized spacial score (nSPS) is 12.3. The van der Waals surface area contributed by atoms with Gasteiger partial charge >= 0.3 is 10.1 Å². The highest BCUT2D eigenvalue weighted by Crippen LogP contribution is 2.70. The molecule has 0 aliphatic rings. The largest absolute Gasteiger partial charge is 0.494 e. The Morgan fingerprint density at radius 1 is 0.543 bits per heavy atom. The molecule has 0 N–H and O–H groups in total. The van der Waals surface area contributed by atoms with Crippen LogP contribution >= 0.6 is 10.3 Å². The van der Waals surface area contributed by atoms with Crippen LogP contribution in [0, 0.1) is 20.8 Å². The Morgan fingerprint density at radius 3 is 1.26 bits per heavy atom. The minimum Gasteiger partial charge on any atom is -0.494 e. The molecule has 4 aromatic rings. The van der Waals surface area contributed by atoms with Crippen LogP contribution in [0.5, 0.6) is 5.75 Å². The molecule has 0 atom stereocenters. The molecule has 0 saturated heterocycles. The van der Waals surface area contributed by atoms with Crippen molar-refractivity contribution in [3.8, 4) is 5.75 Å². The third-order valence-electron chi connectivity index (χ3n) is 5.67. The highest BCUT2D eigenvalue weighted by atomic mass is 32.3. The van der Waals surface area contributed by atoms with Gasteiger partial charge in [0, 0.05) is 14.7 Å². The molecule has 0 unspecified atom stereocenters. The molecule has 0 fully saturated rings. The molecule has 0 bridgehead atoms. The number of aryl methyl sites for hydroxylation is 3. The van der Waals surface area contributed by atoms with E-state index in [1.54, 1.807) is 24.3 Å². The molecular weight excluding hydrogens is 476 g/mol. The van der Waals surface area contributed by atoms with E-state index < -0.39 is 20.4 Å². The van der Waals surface area contributed by atoms with Gasteiger partial charge in [-0.2, -0.15) is 8.42 Å². The third-order valence-corrected chi connectivity index (χ3v) is 10.9. The van der Waals surface area contributed by atoms with E-state index in [1.807, 2.05) is 100 Å². The lowest BCUT2D eigenvalue weighted by atomic mass is 10.2. The SMILES string of the molecule is CCOc1ccc(S(OS(=O)(=O)c2ccc(C)cc2)(c2ccc(C)cc2)c2ccc(C)cc2)cc1. The lowest BCUT2D eigenvalue weighted by Gasteiger charge is -2.39. The Morgan fingerprint density at radius 2 is 0.886 bits per heavy atom. The fourth-order valence-electron chi connectivity index (χ4n) is 3.76. The standard InChI is InChI=1S/C29H30O4S2/c1-5-32-25-12-20-28(21-13-25)34(26-14-6-22(2)7-15-26,27-16-8-23(3)9-17-27)33-35(30,31)29-18-10-24(4)11-19-29/h6-21H,5H2,1-4H3. The van der Waals surface area contributed by atoms with Crippen LogP contribution < -0.4 is 4.74 Å². The van der Waals surface area contributed by atoms with Crippen molar-refractivity contribution in [3.05, 3.63) is 114 Å². The van der Waals surface area contributed by atoms with Gasteiger partial charge in [-0.25, -0.2) is 3.63 Å². The maximum Gasteiger partial charge on any atom is 0.307 e. The molecule has 35 heavy (non-hydrogen) atoms. The monoisotopic (exact) mass is 506 g/mol. The fourth-order valence-corrected chi connectivity index (χ4v) is 8.93. The molecule has 182 valence electrons. The van der Waals surface area contributed by atoms with Gasteiger partial charge in [0.05, 0.1) is 11.5 Å². The average molecular weight is 507 g/mol. The topological polar surface area (TPSA) is 52.6 Å². The Balaban J connectivity index is 1.99. The van der Waals surface area contributed by atoms with E-state index in [4.69, 9.17) is 8.37 Å². The second-order valence-corrected chi connectivity index (χ2v) is 12.9. The summed E-state index contributed by atoms with van der Waals surface area (Å²) in [5, 5.41) is 0. The molecule has 0 radical (unpaired) electrons. The van der Waals surface area contributed by atoms with Gasteiger partial charge in [-0.15, -0.1) is 0 Å². The first-order valence-electron chi connectivity index (χ1n) is 11.5. The summed E-state index contributed by atoms with van der Waals surface area (Å²) in [5.74, 6) is 0.721. The van der Waals surface area contributed by atoms with Crippen LogP contribution in [0.4, 0.5) is 0 Å². The molecule has 4 nitrogen and oxygen atoms in total. The summed E-state index contributed by atoms with van der Waals surface area (Å²) in [4.78, 5) is 2.49. The van der Waals surface area contributed by atoms with E-state index in [1.165, 1.54) is 0 Å². The van der Waals surface area contributed by atoms with E-state index in [2.05, 4.69) is 0 Å². The Labute approximate surface area is 210 Å². The van der Waals surface area contributed by atoms with E-state index in [9.17, 15) is 8.42 Å². The van der Waals surface area contributed by atoms with Crippen molar-refractivity contribution in [2.24, 2.45) is 0 Å². The summed E-state index contributed by atoms with van der Waals surface area (Å²) < 4.78 is 39.6. The zero-order chi connectivity index (χ0) is 25.1. The molecule has 4 rings (SSSR count). The van der Waals surface area contributed by atoms with Crippen LogP contribution in [0.25, 0.3) is 0 Å². The maximum absolute atomic E-state index is 13.8. The molecule has 0 amide bonds. The lowest BCUT2D eigenvalue weighted by Crippen LogP contribution is -2.14. The van der Waals surface area contributed by atoms with Gasteiger partial charge in [0.2, 0.25) is 0 Å².